The summed E-state index contributed by atoms with van der Waals surface area (Å²) >= 11 is 5.87. The van der Waals surface area contributed by atoms with Crippen LogP contribution in [0.25, 0.3) is 5.69 Å². The highest BCUT2D eigenvalue weighted by atomic mass is 35.5. The Morgan fingerprint density at radius 2 is 1.76 bits per heavy atom. The van der Waals surface area contributed by atoms with Crippen LogP contribution in [-0.4, -0.2) is 15.7 Å². The van der Waals surface area contributed by atoms with Crippen LogP contribution >= 0.6 is 11.6 Å². The molecule has 1 N–H and O–H groups in total. The quantitative estimate of drug-likeness (QED) is 0.753. The molecule has 2 aromatic carbocycles. The SMILES string of the molecule is Cc1nn(-c2ccccc2)c(C)c1CNC(=O)Cc1ccc(Cl)cc1. The lowest BCUT2D eigenvalue weighted by Gasteiger charge is -2.07. The number of amides is 1. The molecule has 0 unspecified atom stereocenters. The second-order valence-corrected chi connectivity index (χ2v) is 6.41. The molecule has 3 rings (SSSR count). The Hall–Kier alpha value is -2.59. The predicted octanol–water partition coefficient (Wildman–Crippen LogP) is 4.00. The van der Waals surface area contributed by atoms with Crippen LogP contribution in [0.3, 0.4) is 0 Å². The second-order valence-electron chi connectivity index (χ2n) is 5.98. The van der Waals surface area contributed by atoms with E-state index in [-0.39, 0.29) is 5.91 Å². The molecule has 3 aromatic rings. The minimum atomic E-state index is -0.0198. The summed E-state index contributed by atoms with van der Waals surface area (Å²) in [5.74, 6) is -0.0198. The molecule has 1 aromatic heterocycles. The third kappa shape index (κ3) is 4.09. The summed E-state index contributed by atoms with van der Waals surface area (Å²) in [6, 6.07) is 17.3. The molecule has 0 bridgehead atoms. The molecule has 0 atom stereocenters. The zero-order valence-corrected chi connectivity index (χ0v) is 15.0. The maximum absolute atomic E-state index is 12.2. The fourth-order valence-corrected chi connectivity index (χ4v) is 2.91. The number of aryl methyl sites for hydroxylation is 1. The highest BCUT2D eigenvalue weighted by molar-refractivity contribution is 6.30. The van der Waals surface area contributed by atoms with Gasteiger partial charge in [0.25, 0.3) is 0 Å². The van der Waals surface area contributed by atoms with Gasteiger partial charge in [-0.25, -0.2) is 4.68 Å². The predicted molar refractivity (Wildman–Crippen MR) is 100 cm³/mol. The standard InChI is InChI=1S/C20H20ClN3O/c1-14-19(15(2)24(23-14)18-6-4-3-5-7-18)13-22-20(25)12-16-8-10-17(21)11-9-16/h3-11H,12-13H2,1-2H3,(H,22,25). The molecule has 4 nitrogen and oxygen atoms in total. The molecule has 0 saturated carbocycles. The van der Waals surface area contributed by atoms with Crippen LogP contribution in [0, 0.1) is 13.8 Å². The van der Waals surface area contributed by atoms with Gasteiger partial charge in [0.05, 0.1) is 17.8 Å². The van der Waals surface area contributed by atoms with Crippen LogP contribution in [0.5, 0.6) is 0 Å². The van der Waals surface area contributed by atoms with Crippen molar-refractivity contribution in [2.45, 2.75) is 26.8 Å². The lowest BCUT2D eigenvalue weighted by Crippen LogP contribution is -2.25. The number of aromatic nitrogens is 2. The number of carbonyl (C=O) groups is 1. The van der Waals surface area contributed by atoms with Crippen molar-refractivity contribution >= 4 is 17.5 Å². The summed E-state index contributed by atoms with van der Waals surface area (Å²) in [5, 5.41) is 8.26. The monoisotopic (exact) mass is 353 g/mol. The van der Waals surface area contributed by atoms with E-state index in [1.807, 2.05) is 61.0 Å². The molecule has 0 spiro atoms. The van der Waals surface area contributed by atoms with E-state index in [4.69, 9.17) is 11.6 Å². The summed E-state index contributed by atoms with van der Waals surface area (Å²) in [7, 11) is 0. The van der Waals surface area contributed by atoms with Gasteiger partial charge in [-0.3, -0.25) is 4.79 Å². The number of rotatable bonds is 5. The van der Waals surface area contributed by atoms with Gasteiger partial charge in [-0.05, 0) is 43.7 Å². The Morgan fingerprint density at radius 3 is 2.44 bits per heavy atom. The normalized spacial score (nSPS) is 10.7. The number of nitrogens with one attached hydrogen (secondary N) is 1. The van der Waals surface area contributed by atoms with Gasteiger partial charge in [-0.15, -0.1) is 0 Å². The third-order valence-electron chi connectivity index (χ3n) is 4.18. The molecule has 1 heterocycles. The van der Waals surface area contributed by atoms with E-state index in [1.165, 1.54) is 0 Å². The van der Waals surface area contributed by atoms with Crippen LogP contribution in [-0.2, 0) is 17.8 Å². The van der Waals surface area contributed by atoms with Crippen LogP contribution in [0.15, 0.2) is 54.6 Å². The first-order valence-electron chi connectivity index (χ1n) is 8.16. The number of carbonyl (C=O) groups excluding carboxylic acids is 1. The maximum atomic E-state index is 12.2. The first-order valence-corrected chi connectivity index (χ1v) is 8.54. The molecular weight excluding hydrogens is 334 g/mol. The Kier molecular flexibility index (Phi) is 5.19. The lowest BCUT2D eigenvalue weighted by molar-refractivity contribution is -0.120. The Balaban J connectivity index is 1.68. The first kappa shape index (κ1) is 17.2. The van der Waals surface area contributed by atoms with E-state index in [2.05, 4.69) is 10.4 Å². The van der Waals surface area contributed by atoms with Gasteiger partial charge in [0.2, 0.25) is 5.91 Å². The second kappa shape index (κ2) is 7.53. The van der Waals surface area contributed by atoms with E-state index in [1.54, 1.807) is 12.1 Å². The van der Waals surface area contributed by atoms with Crippen LogP contribution in [0.4, 0.5) is 0 Å². The van der Waals surface area contributed by atoms with Gasteiger partial charge in [0.1, 0.15) is 0 Å². The van der Waals surface area contributed by atoms with Crippen molar-refractivity contribution in [1.82, 2.24) is 15.1 Å². The minimum absolute atomic E-state index is 0.0198. The van der Waals surface area contributed by atoms with Crippen molar-refractivity contribution in [2.75, 3.05) is 0 Å². The molecule has 128 valence electrons. The van der Waals surface area contributed by atoms with Crippen LogP contribution in [0.1, 0.15) is 22.5 Å². The van der Waals surface area contributed by atoms with Gasteiger partial charge >= 0.3 is 0 Å². The molecule has 5 heteroatoms. The van der Waals surface area contributed by atoms with Crippen molar-refractivity contribution in [3.05, 3.63) is 82.1 Å². The molecule has 0 aliphatic heterocycles. The molecule has 0 fully saturated rings. The number of halogens is 1. The largest absolute Gasteiger partial charge is 0.352 e. The Morgan fingerprint density at radius 1 is 1.08 bits per heavy atom. The van der Waals surface area contributed by atoms with Gasteiger partial charge in [-0.2, -0.15) is 5.10 Å². The average molecular weight is 354 g/mol. The van der Waals surface area contributed by atoms with E-state index in [9.17, 15) is 4.79 Å². The van der Waals surface area contributed by atoms with E-state index < -0.39 is 0 Å². The maximum Gasteiger partial charge on any atom is 0.224 e. The van der Waals surface area contributed by atoms with E-state index >= 15 is 0 Å². The summed E-state index contributed by atoms with van der Waals surface area (Å²) < 4.78 is 1.91. The molecule has 0 aliphatic rings. The van der Waals surface area contributed by atoms with Gasteiger partial charge in [0, 0.05) is 22.8 Å². The number of hydrogen-bond donors (Lipinski definition) is 1. The van der Waals surface area contributed by atoms with Gasteiger partial charge in [0.15, 0.2) is 0 Å². The lowest BCUT2D eigenvalue weighted by atomic mass is 10.1. The zero-order chi connectivity index (χ0) is 17.8. The molecule has 0 saturated heterocycles. The van der Waals surface area contributed by atoms with Crippen molar-refractivity contribution in [3.63, 3.8) is 0 Å². The fourth-order valence-electron chi connectivity index (χ4n) is 2.79. The Labute approximate surface area is 152 Å². The summed E-state index contributed by atoms with van der Waals surface area (Å²) in [5.41, 5.74) is 4.97. The Bertz CT molecular complexity index is 870. The fraction of sp³-hybridized carbons (Fsp3) is 0.200. The molecule has 25 heavy (non-hydrogen) atoms. The molecule has 0 aliphatic carbocycles. The number of nitrogens with zero attached hydrogens (tertiary/aromatic N) is 2. The van der Waals surface area contributed by atoms with Crippen molar-refractivity contribution in [3.8, 4) is 5.69 Å². The number of para-hydroxylation sites is 1. The average Bonchev–Trinajstić information content (AvgIpc) is 2.90. The molecule has 0 radical (unpaired) electrons. The number of hydrogen-bond acceptors (Lipinski definition) is 2. The van der Waals surface area contributed by atoms with Crippen LogP contribution < -0.4 is 5.32 Å². The van der Waals surface area contributed by atoms with Gasteiger partial charge in [-0.1, -0.05) is 41.9 Å². The zero-order valence-electron chi connectivity index (χ0n) is 14.3. The topological polar surface area (TPSA) is 46.9 Å². The highest BCUT2D eigenvalue weighted by Crippen LogP contribution is 2.17. The first-order chi connectivity index (χ1) is 12.0. The summed E-state index contributed by atoms with van der Waals surface area (Å²) in [6.45, 7) is 4.46. The molecular formula is C20H20ClN3O. The molecule has 1 amide bonds. The van der Waals surface area contributed by atoms with E-state index in [0.717, 1.165) is 28.2 Å². The van der Waals surface area contributed by atoms with Gasteiger partial charge < -0.3 is 5.32 Å². The third-order valence-corrected chi connectivity index (χ3v) is 4.43. The number of benzene rings is 2. The summed E-state index contributed by atoms with van der Waals surface area (Å²) in [6.07, 6.45) is 0.335. The highest BCUT2D eigenvalue weighted by Gasteiger charge is 2.13. The minimum Gasteiger partial charge on any atom is -0.352 e. The van der Waals surface area contributed by atoms with Crippen molar-refractivity contribution in [2.24, 2.45) is 0 Å². The van der Waals surface area contributed by atoms with Crippen molar-refractivity contribution < 1.29 is 4.79 Å². The summed E-state index contributed by atoms with van der Waals surface area (Å²) in [4.78, 5) is 12.2. The van der Waals surface area contributed by atoms with E-state index in [0.29, 0.717) is 18.0 Å². The van der Waals surface area contributed by atoms with Crippen LogP contribution in [0.2, 0.25) is 5.02 Å². The van der Waals surface area contributed by atoms with Crippen molar-refractivity contribution in [1.29, 1.82) is 0 Å². The smallest absolute Gasteiger partial charge is 0.224 e.